The van der Waals surface area contributed by atoms with Crippen LogP contribution in [0.2, 0.25) is 0 Å². The molecule has 0 saturated heterocycles. The van der Waals surface area contributed by atoms with Gasteiger partial charge < -0.3 is 18.7 Å². The van der Waals surface area contributed by atoms with E-state index in [1.54, 1.807) is 7.11 Å². The zero-order chi connectivity index (χ0) is 22.3. The topological polar surface area (TPSA) is 48.0 Å². The number of benzene rings is 3. The molecule has 0 aliphatic rings. The number of nitrogens with zero attached hydrogens (tertiary/aromatic N) is 1. The lowest BCUT2D eigenvalue weighted by Crippen LogP contribution is -2.10. The van der Waals surface area contributed by atoms with Gasteiger partial charge in [0.15, 0.2) is 0 Å². The first-order valence-electron chi connectivity index (χ1n) is 10.1. The van der Waals surface area contributed by atoms with Gasteiger partial charge in [0.05, 0.1) is 26.5 Å². The normalized spacial score (nSPS) is 11.4. The average molecular weight is 504 g/mol. The molecule has 3 rings (SSSR count). The van der Waals surface area contributed by atoms with Crippen LogP contribution in [0.4, 0.5) is 17.1 Å². The van der Waals surface area contributed by atoms with Crippen molar-refractivity contribution >= 4 is 40.6 Å². The van der Waals surface area contributed by atoms with E-state index in [1.807, 2.05) is 74.5 Å². The fraction of sp³-hybridized carbons (Fsp3) is 0.250. The Morgan fingerprint density at radius 2 is 1.23 bits per heavy atom. The van der Waals surface area contributed by atoms with E-state index in [4.69, 9.17) is 13.8 Å². The number of halogens is 1. The molecule has 5 nitrogen and oxygen atoms in total. The SMILES string of the molecule is CCOP(=O)(Cc1ccc(N(c2ccc(Br)cc2)c2ccc(OC)cc2)cc1)OCC. The Kier molecular flexibility index (Phi) is 8.33. The molecule has 0 bridgehead atoms. The maximum Gasteiger partial charge on any atom is 0.335 e. The monoisotopic (exact) mass is 503 g/mol. The molecule has 0 fully saturated rings. The first-order valence-corrected chi connectivity index (χ1v) is 12.7. The summed E-state index contributed by atoms with van der Waals surface area (Å²) >= 11 is 3.50. The Labute approximate surface area is 192 Å². The third kappa shape index (κ3) is 6.20. The van der Waals surface area contributed by atoms with Crippen LogP contribution in [-0.2, 0) is 19.8 Å². The van der Waals surface area contributed by atoms with Crippen LogP contribution in [0.25, 0.3) is 0 Å². The van der Waals surface area contributed by atoms with Crippen molar-refractivity contribution < 1.29 is 18.3 Å². The van der Waals surface area contributed by atoms with Gasteiger partial charge in [-0.2, -0.15) is 0 Å². The first kappa shape index (κ1) is 23.6. The van der Waals surface area contributed by atoms with Crippen molar-refractivity contribution in [3.05, 3.63) is 82.8 Å². The van der Waals surface area contributed by atoms with Gasteiger partial charge >= 0.3 is 7.60 Å². The lowest BCUT2D eigenvalue weighted by Gasteiger charge is -2.26. The van der Waals surface area contributed by atoms with Gasteiger partial charge in [0.1, 0.15) is 5.75 Å². The fourth-order valence-electron chi connectivity index (χ4n) is 3.26. The van der Waals surface area contributed by atoms with Crippen LogP contribution < -0.4 is 9.64 Å². The standard InChI is InChI=1S/C24H27BrNO4P/c1-4-29-31(27,30-5-2)18-19-6-10-21(11-7-19)26(22-12-8-20(25)9-13-22)23-14-16-24(28-3)17-15-23/h6-17H,4-5,18H2,1-3H3. The number of methoxy groups -OCH3 is 1. The van der Waals surface area contributed by atoms with E-state index in [-0.39, 0.29) is 6.16 Å². The molecule has 0 unspecified atom stereocenters. The minimum atomic E-state index is -3.14. The van der Waals surface area contributed by atoms with E-state index in [1.165, 1.54) is 0 Å². The zero-order valence-corrected chi connectivity index (χ0v) is 20.4. The van der Waals surface area contributed by atoms with E-state index in [0.717, 1.165) is 32.8 Å². The molecule has 0 aliphatic carbocycles. The second-order valence-corrected chi connectivity index (χ2v) is 9.75. The van der Waals surface area contributed by atoms with E-state index in [9.17, 15) is 4.57 Å². The molecule has 3 aromatic carbocycles. The molecular weight excluding hydrogens is 477 g/mol. The zero-order valence-electron chi connectivity index (χ0n) is 18.0. The number of anilines is 3. The number of ether oxygens (including phenoxy) is 1. The Morgan fingerprint density at radius 1 is 0.774 bits per heavy atom. The van der Waals surface area contributed by atoms with Gasteiger partial charge in [0, 0.05) is 21.5 Å². The minimum Gasteiger partial charge on any atom is -0.497 e. The molecule has 0 N–H and O–H groups in total. The van der Waals surface area contributed by atoms with Crippen LogP contribution in [0, 0.1) is 0 Å². The van der Waals surface area contributed by atoms with Gasteiger partial charge in [0.25, 0.3) is 0 Å². The predicted molar refractivity (Wildman–Crippen MR) is 130 cm³/mol. The third-order valence-electron chi connectivity index (χ3n) is 4.64. The fourth-order valence-corrected chi connectivity index (χ4v) is 5.23. The Hall–Kier alpha value is -2.11. The highest BCUT2D eigenvalue weighted by Gasteiger charge is 2.24. The molecule has 0 heterocycles. The minimum absolute atomic E-state index is 0.246. The van der Waals surface area contributed by atoms with E-state index < -0.39 is 7.60 Å². The number of hydrogen-bond acceptors (Lipinski definition) is 5. The Bertz CT molecular complexity index is 997. The summed E-state index contributed by atoms with van der Waals surface area (Å²) in [7, 11) is -1.49. The Balaban J connectivity index is 1.93. The van der Waals surface area contributed by atoms with Crippen LogP contribution in [-0.4, -0.2) is 20.3 Å². The summed E-state index contributed by atoms with van der Waals surface area (Å²) in [6.07, 6.45) is 0.246. The molecule has 3 aromatic rings. The van der Waals surface area contributed by atoms with Crippen LogP contribution >= 0.6 is 23.5 Å². The molecule has 0 aliphatic heterocycles. The summed E-state index contributed by atoms with van der Waals surface area (Å²) in [5.41, 5.74) is 3.92. The molecule has 0 atom stereocenters. The van der Waals surface area contributed by atoms with Crippen molar-refractivity contribution in [3.8, 4) is 5.75 Å². The van der Waals surface area contributed by atoms with Gasteiger partial charge in [-0.3, -0.25) is 4.57 Å². The van der Waals surface area contributed by atoms with Gasteiger partial charge in [0.2, 0.25) is 0 Å². The van der Waals surface area contributed by atoms with Crippen molar-refractivity contribution in [1.29, 1.82) is 0 Å². The summed E-state index contributed by atoms with van der Waals surface area (Å²) in [6, 6.07) is 24.0. The van der Waals surface area contributed by atoms with Crippen LogP contribution in [0.1, 0.15) is 19.4 Å². The summed E-state index contributed by atoms with van der Waals surface area (Å²) in [4.78, 5) is 2.15. The number of hydrogen-bond donors (Lipinski definition) is 0. The maximum atomic E-state index is 12.9. The molecule has 31 heavy (non-hydrogen) atoms. The maximum absolute atomic E-state index is 12.9. The third-order valence-corrected chi connectivity index (χ3v) is 7.22. The van der Waals surface area contributed by atoms with Crippen LogP contribution in [0.3, 0.4) is 0 Å². The van der Waals surface area contributed by atoms with Crippen molar-refractivity contribution in [2.75, 3.05) is 25.2 Å². The van der Waals surface area contributed by atoms with Crippen molar-refractivity contribution in [2.24, 2.45) is 0 Å². The molecule has 0 spiro atoms. The van der Waals surface area contributed by atoms with Crippen molar-refractivity contribution in [2.45, 2.75) is 20.0 Å². The van der Waals surface area contributed by atoms with Crippen molar-refractivity contribution in [3.63, 3.8) is 0 Å². The molecular formula is C24H27BrNO4P. The first-order chi connectivity index (χ1) is 15.0. The van der Waals surface area contributed by atoms with Gasteiger partial charge in [-0.05, 0) is 80.1 Å². The highest BCUT2D eigenvalue weighted by atomic mass is 79.9. The summed E-state index contributed by atoms with van der Waals surface area (Å²) in [5.74, 6) is 0.803. The van der Waals surface area contributed by atoms with Crippen LogP contribution in [0.15, 0.2) is 77.3 Å². The van der Waals surface area contributed by atoms with Crippen molar-refractivity contribution in [1.82, 2.24) is 0 Å². The molecule has 0 aromatic heterocycles. The molecule has 7 heteroatoms. The lowest BCUT2D eigenvalue weighted by atomic mass is 10.1. The average Bonchev–Trinajstić information content (AvgIpc) is 2.77. The molecule has 0 amide bonds. The quantitative estimate of drug-likeness (QED) is 0.265. The van der Waals surface area contributed by atoms with Gasteiger partial charge in [-0.1, -0.05) is 28.1 Å². The van der Waals surface area contributed by atoms with E-state index >= 15 is 0 Å². The molecule has 0 radical (unpaired) electrons. The van der Waals surface area contributed by atoms with E-state index in [0.29, 0.717) is 13.2 Å². The van der Waals surface area contributed by atoms with Gasteiger partial charge in [-0.25, -0.2) is 0 Å². The summed E-state index contributed by atoms with van der Waals surface area (Å²) in [5, 5.41) is 0. The molecule has 0 saturated carbocycles. The largest absolute Gasteiger partial charge is 0.497 e. The smallest absolute Gasteiger partial charge is 0.335 e. The summed E-state index contributed by atoms with van der Waals surface area (Å²) in [6.45, 7) is 4.34. The number of rotatable bonds is 10. The highest BCUT2D eigenvalue weighted by Crippen LogP contribution is 2.51. The Morgan fingerprint density at radius 3 is 1.68 bits per heavy atom. The highest BCUT2D eigenvalue weighted by molar-refractivity contribution is 9.10. The summed E-state index contributed by atoms with van der Waals surface area (Å²) < 4.78 is 30.0. The lowest BCUT2D eigenvalue weighted by molar-refractivity contribution is 0.219. The van der Waals surface area contributed by atoms with Gasteiger partial charge in [-0.15, -0.1) is 0 Å². The second kappa shape index (κ2) is 11.0. The second-order valence-electron chi connectivity index (χ2n) is 6.78. The predicted octanol–water partition coefficient (Wildman–Crippen LogP) is 7.69. The van der Waals surface area contributed by atoms with E-state index in [2.05, 4.69) is 33.0 Å². The van der Waals surface area contributed by atoms with Crippen LogP contribution in [0.5, 0.6) is 5.75 Å². The molecule has 164 valence electrons.